The molecule has 3 heterocycles. The second-order valence-electron chi connectivity index (χ2n) is 8.72. The number of carbonyl (C=O) groups excluding carboxylic acids is 1. The highest BCUT2D eigenvalue weighted by atomic mass is 19.1. The van der Waals surface area contributed by atoms with Crippen LogP contribution < -0.4 is 21.7 Å². The van der Waals surface area contributed by atoms with E-state index in [1.165, 1.54) is 6.20 Å². The quantitative estimate of drug-likeness (QED) is 0.292. The summed E-state index contributed by atoms with van der Waals surface area (Å²) in [7, 11) is 0. The van der Waals surface area contributed by atoms with Crippen LogP contribution in [0.25, 0.3) is 5.69 Å². The van der Waals surface area contributed by atoms with Crippen LogP contribution >= 0.6 is 0 Å². The van der Waals surface area contributed by atoms with Gasteiger partial charge in [-0.2, -0.15) is 5.10 Å². The summed E-state index contributed by atoms with van der Waals surface area (Å²) in [6.07, 6.45) is 6.02. The van der Waals surface area contributed by atoms with Crippen molar-refractivity contribution < 1.29 is 19.1 Å². The average molecular weight is 485 g/mol. The number of anilines is 3. The minimum Gasteiger partial charge on any atom is -0.465 e. The number of aryl methyl sites for hydroxylation is 1. The maximum absolute atomic E-state index is 14.9. The van der Waals surface area contributed by atoms with Gasteiger partial charge in [0.05, 0.1) is 35.5 Å². The summed E-state index contributed by atoms with van der Waals surface area (Å²) in [5.74, 6) is -1.58. The van der Waals surface area contributed by atoms with Gasteiger partial charge in [-0.25, -0.2) is 18.9 Å². The van der Waals surface area contributed by atoms with E-state index in [4.69, 9.17) is 10.8 Å². The van der Waals surface area contributed by atoms with Crippen molar-refractivity contribution in [2.75, 3.05) is 10.6 Å². The average Bonchev–Trinajstić information content (AvgIpc) is 3.21. The van der Waals surface area contributed by atoms with Gasteiger partial charge in [0, 0.05) is 18.3 Å². The minimum atomic E-state index is -1.19. The van der Waals surface area contributed by atoms with Crippen molar-refractivity contribution in [1.29, 1.82) is 0 Å². The number of hydrogen-bond donors (Lipinski definition) is 5. The predicted molar refractivity (Wildman–Crippen MR) is 130 cm³/mol. The molecule has 0 aromatic carbocycles. The van der Waals surface area contributed by atoms with E-state index in [0.717, 1.165) is 11.6 Å². The number of carbonyl (C=O) groups is 2. The molecule has 0 bridgehead atoms. The van der Waals surface area contributed by atoms with E-state index in [9.17, 15) is 14.0 Å². The maximum atomic E-state index is 14.9. The summed E-state index contributed by atoms with van der Waals surface area (Å²) in [5, 5.41) is 21.7. The number of rotatable bonds is 10. The predicted octanol–water partition coefficient (Wildman–Crippen LogP) is 3.44. The molecule has 0 aliphatic heterocycles. The van der Waals surface area contributed by atoms with Crippen molar-refractivity contribution in [3.8, 4) is 5.69 Å². The summed E-state index contributed by atoms with van der Waals surface area (Å²) in [5.41, 5.74) is 7.43. The highest BCUT2D eigenvalue weighted by Gasteiger charge is 2.24. The van der Waals surface area contributed by atoms with E-state index in [1.54, 1.807) is 30.1 Å². The standard InChI is InChI=1S/C23H29FN8O3/c1-12(2)5-19(14(4)28-23(34)35)30-22-18(24)7-17(20(25)33)21(31-22)29-15-6-16(10-26-9-15)32-11-13(3)8-27-32/h6-12,14,19,28H,5H2,1-4H3,(H2,25,33)(H,34,35)(H2,29,30,31)/t14-,19-/m0/s1. The Hall–Kier alpha value is -4.22. The van der Waals surface area contributed by atoms with Gasteiger partial charge in [-0.3, -0.25) is 9.78 Å². The second kappa shape index (κ2) is 10.8. The van der Waals surface area contributed by atoms with Crippen LogP contribution in [0.15, 0.2) is 36.9 Å². The molecule has 35 heavy (non-hydrogen) atoms. The van der Waals surface area contributed by atoms with Crippen LogP contribution in [0.5, 0.6) is 0 Å². The van der Waals surface area contributed by atoms with Crippen molar-refractivity contribution >= 4 is 29.3 Å². The zero-order valence-electron chi connectivity index (χ0n) is 19.9. The van der Waals surface area contributed by atoms with Crippen molar-refractivity contribution in [2.24, 2.45) is 11.7 Å². The molecule has 2 atom stereocenters. The lowest BCUT2D eigenvalue weighted by molar-refractivity contribution is 0.100. The number of amides is 2. The zero-order valence-corrected chi connectivity index (χ0v) is 19.9. The van der Waals surface area contributed by atoms with E-state index in [-0.39, 0.29) is 23.1 Å². The first kappa shape index (κ1) is 25.4. The Morgan fingerprint density at radius 2 is 1.91 bits per heavy atom. The normalized spacial score (nSPS) is 12.7. The summed E-state index contributed by atoms with van der Waals surface area (Å²) >= 11 is 0. The number of primary amides is 1. The molecule has 0 spiro atoms. The summed E-state index contributed by atoms with van der Waals surface area (Å²) in [6.45, 7) is 7.53. The Morgan fingerprint density at radius 1 is 1.17 bits per heavy atom. The Kier molecular flexibility index (Phi) is 7.84. The van der Waals surface area contributed by atoms with Gasteiger partial charge in [-0.15, -0.1) is 0 Å². The summed E-state index contributed by atoms with van der Waals surface area (Å²) in [6, 6.07) is 1.73. The third-order valence-corrected chi connectivity index (χ3v) is 5.21. The Bertz CT molecular complexity index is 1210. The highest BCUT2D eigenvalue weighted by Crippen LogP contribution is 2.26. The second-order valence-corrected chi connectivity index (χ2v) is 8.72. The Morgan fingerprint density at radius 3 is 2.51 bits per heavy atom. The highest BCUT2D eigenvalue weighted by molar-refractivity contribution is 5.98. The van der Waals surface area contributed by atoms with Crippen LogP contribution in [0, 0.1) is 18.7 Å². The van der Waals surface area contributed by atoms with Crippen LogP contribution in [0.1, 0.15) is 43.1 Å². The molecule has 2 amide bonds. The van der Waals surface area contributed by atoms with Gasteiger partial charge in [0.15, 0.2) is 11.6 Å². The van der Waals surface area contributed by atoms with Crippen LogP contribution in [-0.2, 0) is 0 Å². The Labute approximate surface area is 202 Å². The first-order valence-electron chi connectivity index (χ1n) is 11.0. The lowest BCUT2D eigenvalue weighted by Crippen LogP contribution is -2.45. The third kappa shape index (κ3) is 6.65. The van der Waals surface area contributed by atoms with Gasteiger partial charge in [0.25, 0.3) is 5.91 Å². The molecule has 3 aromatic rings. The summed E-state index contributed by atoms with van der Waals surface area (Å²) < 4.78 is 16.6. The molecule has 0 aliphatic carbocycles. The lowest BCUT2D eigenvalue weighted by Gasteiger charge is -2.27. The molecule has 0 aliphatic rings. The van der Waals surface area contributed by atoms with Gasteiger partial charge in [0.1, 0.15) is 5.82 Å². The fourth-order valence-corrected chi connectivity index (χ4v) is 3.55. The monoisotopic (exact) mass is 484 g/mol. The van der Waals surface area contributed by atoms with Crippen LogP contribution in [-0.4, -0.2) is 48.9 Å². The minimum absolute atomic E-state index is 0.0270. The molecule has 0 saturated carbocycles. The number of nitrogens with zero attached hydrogens (tertiary/aromatic N) is 4. The van der Waals surface area contributed by atoms with Gasteiger partial charge in [-0.05, 0) is 43.9 Å². The molecule has 0 radical (unpaired) electrons. The third-order valence-electron chi connectivity index (χ3n) is 5.21. The molecule has 6 N–H and O–H groups in total. The van der Waals surface area contributed by atoms with E-state index < -0.39 is 29.9 Å². The fourth-order valence-electron chi connectivity index (χ4n) is 3.55. The number of hydrogen-bond acceptors (Lipinski definition) is 7. The first-order valence-corrected chi connectivity index (χ1v) is 11.0. The number of carboxylic acid groups (broad SMARTS) is 1. The van der Waals surface area contributed by atoms with Gasteiger partial charge < -0.3 is 26.8 Å². The number of aromatic nitrogens is 4. The van der Waals surface area contributed by atoms with Crippen LogP contribution in [0.4, 0.5) is 26.5 Å². The zero-order chi connectivity index (χ0) is 25.7. The molecular formula is C23H29FN8O3. The van der Waals surface area contributed by atoms with Gasteiger partial charge in [-0.1, -0.05) is 13.8 Å². The molecule has 11 nitrogen and oxygen atoms in total. The SMILES string of the molecule is Cc1cnn(-c2cncc(Nc3nc(N[C@@H](CC(C)C)[C@H](C)NC(=O)O)c(F)cc3C(N)=O)c2)c1. The lowest BCUT2D eigenvalue weighted by atomic mass is 9.98. The van der Waals surface area contributed by atoms with Crippen molar-refractivity contribution in [2.45, 2.75) is 46.2 Å². The van der Waals surface area contributed by atoms with E-state index >= 15 is 0 Å². The molecule has 0 unspecified atom stereocenters. The van der Waals surface area contributed by atoms with Crippen molar-refractivity contribution in [3.05, 3.63) is 53.9 Å². The fraction of sp³-hybridized carbons (Fsp3) is 0.348. The molecule has 3 rings (SSSR count). The number of nitrogens with one attached hydrogen (secondary N) is 3. The maximum Gasteiger partial charge on any atom is 0.404 e. The van der Waals surface area contributed by atoms with E-state index in [2.05, 4.69) is 31.0 Å². The molecule has 0 fully saturated rings. The number of halogens is 1. The van der Waals surface area contributed by atoms with Crippen molar-refractivity contribution in [1.82, 2.24) is 25.1 Å². The van der Waals surface area contributed by atoms with E-state index in [0.29, 0.717) is 17.8 Å². The number of nitrogens with two attached hydrogens (primary N) is 1. The van der Waals surface area contributed by atoms with Crippen LogP contribution in [0.3, 0.4) is 0 Å². The molecule has 0 saturated heterocycles. The van der Waals surface area contributed by atoms with Crippen molar-refractivity contribution in [3.63, 3.8) is 0 Å². The summed E-state index contributed by atoms with van der Waals surface area (Å²) in [4.78, 5) is 31.6. The smallest absolute Gasteiger partial charge is 0.404 e. The number of pyridine rings is 2. The molecule has 186 valence electrons. The first-order chi connectivity index (χ1) is 16.5. The molecule has 3 aromatic heterocycles. The van der Waals surface area contributed by atoms with E-state index in [1.807, 2.05) is 27.0 Å². The molecular weight excluding hydrogens is 455 g/mol. The van der Waals surface area contributed by atoms with Gasteiger partial charge >= 0.3 is 6.09 Å². The van der Waals surface area contributed by atoms with Crippen LogP contribution in [0.2, 0.25) is 0 Å². The van der Waals surface area contributed by atoms with Gasteiger partial charge in [0.2, 0.25) is 0 Å². The largest absolute Gasteiger partial charge is 0.465 e. The molecule has 12 heteroatoms. The topological polar surface area (TPSA) is 160 Å². The Balaban J connectivity index is 1.94.